The van der Waals surface area contributed by atoms with Crippen molar-refractivity contribution in [1.29, 1.82) is 0 Å². The van der Waals surface area contributed by atoms with E-state index in [1.807, 2.05) is 0 Å². The van der Waals surface area contributed by atoms with Gasteiger partial charge >= 0.3 is 12.6 Å². The highest BCUT2D eigenvalue weighted by atomic mass is 32.2. The number of carbonyl (C=O) groups is 1. The molecule has 0 saturated carbocycles. The number of esters is 1. The van der Waals surface area contributed by atoms with Crippen LogP contribution in [0, 0.1) is 0 Å². The van der Waals surface area contributed by atoms with Gasteiger partial charge in [-0.05, 0) is 41.8 Å². The van der Waals surface area contributed by atoms with Crippen LogP contribution >= 0.6 is 0 Å². The number of rotatable bonds is 10. The molecule has 0 saturated heterocycles. The molecular weight excluding hydrogens is 408 g/mol. The van der Waals surface area contributed by atoms with Crippen LogP contribution in [0.4, 0.5) is 8.78 Å². The quantitative estimate of drug-likeness (QED) is 0.584. The molecule has 2 aromatic rings. The first kappa shape index (κ1) is 22.6. The van der Waals surface area contributed by atoms with Crippen LogP contribution in [-0.2, 0) is 27.8 Å². The van der Waals surface area contributed by atoms with Crippen LogP contribution in [0.5, 0.6) is 11.5 Å². The Hall–Kier alpha value is -2.72. The van der Waals surface area contributed by atoms with Gasteiger partial charge in [-0.2, -0.15) is 8.78 Å². The van der Waals surface area contributed by atoms with Gasteiger partial charge in [-0.15, -0.1) is 0 Å². The molecule has 0 fully saturated rings. The second kappa shape index (κ2) is 10.2. The molecule has 0 amide bonds. The number of sulfonamides is 1. The normalized spacial score (nSPS) is 11.3. The van der Waals surface area contributed by atoms with Crippen LogP contribution in [0.1, 0.15) is 21.5 Å². The summed E-state index contributed by atoms with van der Waals surface area (Å²) in [4.78, 5) is 12.2. The van der Waals surface area contributed by atoms with E-state index in [1.54, 1.807) is 24.3 Å². The molecule has 0 atom stereocenters. The van der Waals surface area contributed by atoms with E-state index in [2.05, 4.69) is 9.46 Å². The summed E-state index contributed by atoms with van der Waals surface area (Å²) in [5.74, 6) is -0.567. The van der Waals surface area contributed by atoms with Gasteiger partial charge in [0.1, 0.15) is 6.61 Å². The van der Waals surface area contributed by atoms with Gasteiger partial charge in [0.2, 0.25) is 10.0 Å². The third-order valence-electron chi connectivity index (χ3n) is 3.78. The van der Waals surface area contributed by atoms with Crippen molar-refractivity contribution < 1.29 is 36.2 Å². The maximum Gasteiger partial charge on any atom is 0.387 e. The van der Waals surface area contributed by atoms with E-state index in [-0.39, 0.29) is 24.7 Å². The molecular formula is C19H21F2NO6S. The first-order valence-corrected chi connectivity index (χ1v) is 10.4. The number of methoxy groups -OCH3 is 1. The lowest BCUT2D eigenvalue weighted by atomic mass is 10.1. The maximum atomic E-state index is 12.4. The lowest BCUT2D eigenvalue weighted by Gasteiger charge is -2.12. The van der Waals surface area contributed by atoms with E-state index in [1.165, 1.54) is 25.3 Å². The molecule has 2 rings (SSSR count). The largest absolute Gasteiger partial charge is 0.493 e. The van der Waals surface area contributed by atoms with Gasteiger partial charge in [0.05, 0.1) is 18.9 Å². The number of ether oxygens (including phenoxy) is 3. The molecule has 10 heteroatoms. The van der Waals surface area contributed by atoms with E-state index >= 15 is 0 Å². The van der Waals surface area contributed by atoms with Gasteiger partial charge in [-0.1, -0.05) is 18.2 Å². The van der Waals surface area contributed by atoms with E-state index in [4.69, 9.17) is 9.47 Å². The fraction of sp³-hybridized carbons (Fsp3) is 0.316. The molecule has 2 aromatic carbocycles. The maximum absolute atomic E-state index is 12.4. The monoisotopic (exact) mass is 429 g/mol. The molecule has 0 aliphatic heterocycles. The van der Waals surface area contributed by atoms with Crippen LogP contribution in [0.25, 0.3) is 0 Å². The predicted molar refractivity (Wildman–Crippen MR) is 102 cm³/mol. The number of benzene rings is 2. The van der Waals surface area contributed by atoms with Gasteiger partial charge in [-0.3, -0.25) is 0 Å². The van der Waals surface area contributed by atoms with E-state index in [0.717, 1.165) is 11.8 Å². The van der Waals surface area contributed by atoms with Crippen molar-refractivity contribution in [3.05, 3.63) is 59.2 Å². The summed E-state index contributed by atoms with van der Waals surface area (Å²) in [6.45, 7) is -2.79. The molecule has 0 spiro atoms. The van der Waals surface area contributed by atoms with Crippen LogP contribution in [-0.4, -0.2) is 40.9 Å². The molecule has 7 nitrogen and oxygen atoms in total. The third-order valence-corrected chi connectivity index (χ3v) is 4.51. The van der Waals surface area contributed by atoms with Crippen molar-refractivity contribution in [2.45, 2.75) is 19.6 Å². The molecule has 1 N–H and O–H groups in total. The highest BCUT2D eigenvalue weighted by molar-refractivity contribution is 7.88. The number of nitrogens with one attached hydrogen (secondary N) is 1. The molecule has 0 unspecified atom stereocenters. The number of halogens is 2. The van der Waals surface area contributed by atoms with Crippen LogP contribution in [0.2, 0.25) is 0 Å². The van der Waals surface area contributed by atoms with E-state index < -0.39 is 22.6 Å². The summed E-state index contributed by atoms with van der Waals surface area (Å²) in [5.41, 5.74) is 1.73. The summed E-state index contributed by atoms with van der Waals surface area (Å²) >= 11 is 0. The Bertz CT molecular complexity index is 932. The highest BCUT2D eigenvalue weighted by Gasteiger charge is 2.13. The van der Waals surface area contributed by atoms with Crippen molar-refractivity contribution in [2.24, 2.45) is 0 Å². The number of hydrogen-bond acceptors (Lipinski definition) is 6. The second-order valence-electron chi connectivity index (χ2n) is 6.05. The van der Waals surface area contributed by atoms with Crippen LogP contribution in [0.15, 0.2) is 42.5 Å². The smallest absolute Gasteiger partial charge is 0.387 e. The predicted octanol–water partition coefficient (Wildman–Crippen LogP) is 2.75. The Morgan fingerprint density at radius 3 is 2.31 bits per heavy atom. The van der Waals surface area contributed by atoms with Gasteiger partial charge in [0, 0.05) is 6.54 Å². The number of alkyl halides is 2. The Morgan fingerprint density at radius 1 is 1.07 bits per heavy atom. The average molecular weight is 429 g/mol. The Kier molecular flexibility index (Phi) is 7.91. The summed E-state index contributed by atoms with van der Waals surface area (Å²) in [5, 5.41) is 0. The van der Waals surface area contributed by atoms with Crippen molar-refractivity contribution in [1.82, 2.24) is 4.72 Å². The van der Waals surface area contributed by atoms with Crippen molar-refractivity contribution in [3.8, 4) is 11.5 Å². The molecule has 0 aliphatic carbocycles. The van der Waals surface area contributed by atoms with Crippen LogP contribution < -0.4 is 14.2 Å². The van der Waals surface area contributed by atoms with Crippen molar-refractivity contribution >= 4 is 16.0 Å². The lowest BCUT2D eigenvalue weighted by molar-refractivity contribution is -0.0512. The summed E-state index contributed by atoms with van der Waals surface area (Å²) in [6, 6.07) is 10.8. The topological polar surface area (TPSA) is 90.9 Å². The average Bonchev–Trinajstić information content (AvgIpc) is 2.66. The Balaban J connectivity index is 1.92. The zero-order valence-electron chi connectivity index (χ0n) is 15.9. The summed E-state index contributed by atoms with van der Waals surface area (Å²) < 4.78 is 63.7. The van der Waals surface area contributed by atoms with Gasteiger partial charge < -0.3 is 14.2 Å². The standard InChI is InChI=1S/C19H21F2NO6S/c1-26-17-11-14(5-8-16(17)28-19(20)21)12-27-18(23)15-6-3-13(4-7-15)9-10-22-29(2,24)25/h3-8,11,19,22H,9-10,12H2,1-2H3. The van der Waals surface area contributed by atoms with Gasteiger partial charge in [0.15, 0.2) is 11.5 Å². The second-order valence-corrected chi connectivity index (χ2v) is 7.89. The van der Waals surface area contributed by atoms with E-state index in [9.17, 15) is 22.0 Å². The Morgan fingerprint density at radius 2 is 1.72 bits per heavy atom. The molecule has 29 heavy (non-hydrogen) atoms. The zero-order valence-corrected chi connectivity index (χ0v) is 16.7. The molecule has 0 heterocycles. The van der Waals surface area contributed by atoms with Gasteiger partial charge in [-0.25, -0.2) is 17.9 Å². The third kappa shape index (κ3) is 7.66. The molecule has 0 aromatic heterocycles. The summed E-state index contributed by atoms with van der Waals surface area (Å²) in [7, 11) is -1.93. The number of hydrogen-bond donors (Lipinski definition) is 1. The lowest BCUT2D eigenvalue weighted by Crippen LogP contribution is -2.24. The molecule has 0 radical (unpaired) electrons. The number of carbonyl (C=O) groups excluding carboxylic acids is 1. The minimum atomic E-state index is -3.24. The molecule has 158 valence electrons. The van der Waals surface area contributed by atoms with Crippen molar-refractivity contribution in [3.63, 3.8) is 0 Å². The fourth-order valence-corrected chi connectivity index (χ4v) is 2.89. The molecule has 0 aliphatic rings. The van der Waals surface area contributed by atoms with E-state index in [0.29, 0.717) is 17.5 Å². The SMILES string of the molecule is COc1cc(COC(=O)c2ccc(CCNS(C)(=O)=O)cc2)ccc1OC(F)F. The van der Waals surface area contributed by atoms with Gasteiger partial charge in [0.25, 0.3) is 0 Å². The van der Waals surface area contributed by atoms with Crippen molar-refractivity contribution in [2.75, 3.05) is 19.9 Å². The first-order valence-electron chi connectivity index (χ1n) is 8.50. The Labute approximate surface area is 167 Å². The minimum Gasteiger partial charge on any atom is -0.493 e. The molecule has 0 bridgehead atoms. The zero-order chi connectivity index (χ0) is 21.4. The fourth-order valence-electron chi connectivity index (χ4n) is 2.42. The van der Waals surface area contributed by atoms with Crippen LogP contribution in [0.3, 0.4) is 0 Å². The highest BCUT2D eigenvalue weighted by Crippen LogP contribution is 2.29. The first-order chi connectivity index (χ1) is 13.7. The summed E-state index contributed by atoms with van der Waals surface area (Å²) in [6.07, 6.45) is 1.57. The minimum absolute atomic E-state index is 0.0792.